The maximum Gasteiger partial charge on any atom is 0.227 e. The Kier molecular flexibility index (Phi) is 10.4. The van der Waals surface area contributed by atoms with Gasteiger partial charge in [-0.2, -0.15) is 0 Å². The van der Waals surface area contributed by atoms with Crippen LogP contribution in [-0.2, 0) is 16.0 Å². The number of para-hydroxylation sites is 1. The lowest BCUT2D eigenvalue weighted by atomic mass is 9.83. The Hall–Kier alpha value is -1.35. The normalized spacial score (nSPS) is 17.4. The molecule has 0 atom stereocenters. The molecule has 168 valence electrons. The molecular weight excluding hydrogens is 491 g/mol. The second kappa shape index (κ2) is 12.5. The largest absolute Gasteiger partial charge is 0.385 e. The third kappa shape index (κ3) is 6.57. The van der Waals surface area contributed by atoms with Gasteiger partial charge >= 0.3 is 0 Å². The molecule has 1 saturated carbocycles. The molecule has 2 N–H and O–H groups in total. The Morgan fingerprint density at radius 1 is 1.23 bits per heavy atom. The molecule has 30 heavy (non-hydrogen) atoms. The van der Waals surface area contributed by atoms with Gasteiger partial charge in [-0.15, -0.1) is 24.0 Å². The van der Waals surface area contributed by atoms with Gasteiger partial charge in [-0.1, -0.05) is 31.0 Å². The van der Waals surface area contributed by atoms with E-state index in [9.17, 15) is 4.79 Å². The van der Waals surface area contributed by atoms with Crippen LogP contribution in [-0.4, -0.2) is 52.3 Å². The van der Waals surface area contributed by atoms with Gasteiger partial charge in [0.15, 0.2) is 5.96 Å². The van der Waals surface area contributed by atoms with Crippen LogP contribution >= 0.6 is 24.0 Å². The first kappa shape index (κ1) is 24.9. The summed E-state index contributed by atoms with van der Waals surface area (Å²) >= 11 is 0. The minimum atomic E-state index is 0. The van der Waals surface area contributed by atoms with Gasteiger partial charge in [0, 0.05) is 52.5 Å². The highest BCUT2D eigenvalue weighted by molar-refractivity contribution is 14.0. The summed E-state index contributed by atoms with van der Waals surface area (Å²) < 4.78 is 5.32. The molecule has 0 unspecified atom stereocenters. The van der Waals surface area contributed by atoms with Gasteiger partial charge in [-0.3, -0.25) is 9.79 Å². The SMILES string of the molecule is CN=C(NCCCC(=O)N1CCc2ccccc21)NCC1(CCOC)CCCC1.I. The molecule has 1 fully saturated rings. The van der Waals surface area contributed by atoms with Crippen LogP contribution in [0.4, 0.5) is 5.69 Å². The van der Waals surface area contributed by atoms with Gasteiger partial charge in [-0.25, -0.2) is 0 Å². The van der Waals surface area contributed by atoms with Crippen molar-refractivity contribution in [2.75, 3.05) is 45.3 Å². The number of guanidine groups is 1. The van der Waals surface area contributed by atoms with Crippen LogP contribution in [0.25, 0.3) is 0 Å². The van der Waals surface area contributed by atoms with Crippen molar-refractivity contribution in [3.63, 3.8) is 0 Å². The summed E-state index contributed by atoms with van der Waals surface area (Å²) in [5.74, 6) is 1.04. The Bertz CT molecular complexity index is 704. The zero-order chi connectivity index (χ0) is 20.5. The minimum Gasteiger partial charge on any atom is -0.385 e. The number of nitrogens with zero attached hydrogens (tertiary/aromatic N) is 2. The van der Waals surface area contributed by atoms with Crippen molar-refractivity contribution in [3.8, 4) is 0 Å². The van der Waals surface area contributed by atoms with Crippen LogP contribution in [0.5, 0.6) is 0 Å². The van der Waals surface area contributed by atoms with Crippen LogP contribution in [0.1, 0.15) is 50.5 Å². The molecule has 7 heteroatoms. The number of hydrogen-bond acceptors (Lipinski definition) is 3. The summed E-state index contributed by atoms with van der Waals surface area (Å²) in [4.78, 5) is 18.9. The van der Waals surface area contributed by atoms with E-state index in [4.69, 9.17) is 4.74 Å². The highest BCUT2D eigenvalue weighted by Crippen LogP contribution is 2.40. The van der Waals surface area contributed by atoms with E-state index in [0.29, 0.717) is 11.8 Å². The lowest BCUT2D eigenvalue weighted by molar-refractivity contribution is -0.118. The van der Waals surface area contributed by atoms with E-state index in [1.165, 1.54) is 31.2 Å². The summed E-state index contributed by atoms with van der Waals surface area (Å²) in [6.45, 7) is 3.29. The lowest BCUT2D eigenvalue weighted by Gasteiger charge is -2.30. The first-order valence-electron chi connectivity index (χ1n) is 11.0. The smallest absolute Gasteiger partial charge is 0.227 e. The molecule has 1 amide bonds. The Morgan fingerprint density at radius 2 is 2.00 bits per heavy atom. The Morgan fingerprint density at radius 3 is 2.73 bits per heavy atom. The van der Waals surface area contributed by atoms with Gasteiger partial charge in [0.05, 0.1) is 0 Å². The number of carbonyl (C=O) groups is 1. The number of anilines is 1. The van der Waals surface area contributed by atoms with E-state index >= 15 is 0 Å². The zero-order valence-electron chi connectivity index (χ0n) is 18.4. The molecule has 0 spiro atoms. The molecule has 1 aliphatic carbocycles. The number of rotatable bonds is 9. The number of nitrogens with one attached hydrogen (secondary N) is 2. The average molecular weight is 528 g/mol. The number of carbonyl (C=O) groups excluding carboxylic acids is 1. The van der Waals surface area contributed by atoms with E-state index in [1.807, 2.05) is 23.1 Å². The lowest BCUT2D eigenvalue weighted by Crippen LogP contribution is -2.43. The van der Waals surface area contributed by atoms with Gasteiger partial charge < -0.3 is 20.3 Å². The maximum absolute atomic E-state index is 12.6. The van der Waals surface area contributed by atoms with E-state index < -0.39 is 0 Å². The second-order valence-corrected chi connectivity index (χ2v) is 8.33. The number of hydrogen-bond donors (Lipinski definition) is 2. The molecule has 1 aromatic carbocycles. The van der Waals surface area contributed by atoms with Crippen molar-refractivity contribution in [3.05, 3.63) is 29.8 Å². The molecule has 0 radical (unpaired) electrons. The molecule has 2 aliphatic rings. The summed E-state index contributed by atoms with van der Waals surface area (Å²) in [6.07, 6.45) is 8.53. The quantitative estimate of drug-likeness (QED) is 0.222. The van der Waals surface area contributed by atoms with Crippen LogP contribution in [0, 0.1) is 5.41 Å². The zero-order valence-corrected chi connectivity index (χ0v) is 20.7. The molecule has 1 aliphatic heterocycles. The number of methoxy groups -OCH3 is 1. The molecule has 1 aromatic rings. The molecular formula is C23H37IN4O2. The molecule has 1 heterocycles. The van der Waals surface area contributed by atoms with Crippen LogP contribution in [0.2, 0.25) is 0 Å². The first-order chi connectivity index (χ1) is 14.2. The van der Waals surface area contributed by atoms with Crippen molar-refractivity contribution in [1.29, 1.82) is 0 Å². The van der Waals surface area contributed by atoms with Crippen molar-refractivity contribution >= 4 is 41.5 Å². The predicted octanol–water partition coefficient (Wildman–Crippen LogP) is 3.74. The minimum absolute atomic E-state index is 0. The number of halogens is 1. The van der Waals surface area contributed by atoms with E-state index in [0.717, 1.165) is 57.2 Å². The average Bonchev–Trinajstić information content (AvgIpc) is 3.39. The standard InChI is InChI=1S/C23H36N4O2.HI/c1-24-22(26-18-23(14-17-29-2)12-5-6-13-23)25-15-7-10-21(28)27-16-11-19-8-3-4-9-20(19)27;/h3-4,8-9H,5-7,10-18H2,1-2H3,(H2,24,25,26);1H. The summed E-state index contributed by atoms with van der Waals surface area (Å²) in [5, 5.41) is 6.87. The van der Waals surface area contributed by atoms with E-state index in [2.05, 4.69) is 21.7 Å². The highest BCUT2D eigenvalue weighted by Gasteiger charge is 2.33. The van der Waals surface area contributed by atoms with Gasteiger partial charge in [0.25, 0.3) is 0 Å². The molecule has 6 nitrogen and oxygen atoms in total. The fraction of sp³-hybridized carbons (Fsp3) is 0.652. The van der Waals surface area contributed by atoms with Gasteiger partial charge in [0.2, 0.25) is 5.91 Å². The molecule has 0 saturated heterocycles. The number of aliphatic imine (C=N–C) groups is 1. The monoisotopic (exact) mass is 528 g/mol. The molecule has 3 rings (SSSR count). The van der Waals surface area contributed by atoms with Crippen LogP contribution in [0.3, 0.4) is 0 Å². The summed E-state index contributed by atoms with van der Waals surface area (Å²) in [7, 11) is 3.58. The summed E-state index contributed by atoms with van der Waals surface area (Å²) in [5.41, 5.74) is 2.69. The number of ether oxygens (including phenoxy) is 1. The highest BCUT2D eigenvalue weighted by atomic mass is 127. The number of amides is 1. The van der Waals surface area contributed by atoms with E-state index in [-0.39, 0.29) is 29.9 Å². The van der Waals surface area contributed by atoms with Crippen molar-refractivity contribution in [1.82, 2.24) is 10.6 Å². The topological polar surface area (TPSA) is 66.0 Å². The predicted molar refractivity (Wildman–Crippen MR) is 134 cm³/mol. The van der Waals surface area contributed by atoms with E-state index in [1.54, 1.807) is 14.2 Å². The van der Waals surface area contributed by atoms with Crippen molar-refractivity contribution in [2.24, 2.45) is 10.4 Å². The third-order valence-electron chi connectivity index (χ3n) is 6.40. The fourth-order valence-corrected chi connectivity index (χ4v) is 4.63. The van der Waals surface area contributed by atoms with Crippen LogP contribution in [0.15, 0.2) is 29.3 Å². The van der Waals surface area contributed by atoms with Crippen LogP contribution < -0.4 is 15.5 Å². The fourth-order valence-electron chi connectivity index (χ4n) is 4.63. The molecule has 0 aromatic heterocycles. The van der Waals surface area contributed by atoms with Crippen molar-refractivity contribution < 1.29 is 9.53 Å². The second-order valence-electron chi connectivity index (χ2n) is 8.33. The third-order valence-corrected chi connectivity index (χ3v) is 6.40. The van der Waals surface area contributed by atoms with Gasteiger partial charge in [0.1, 0.15) is 0 Å². The Labute approximate surface area is 198 Å². The van der Waals surface area contributed by atoms with Crippen molar-refractivity contribution in [2.45, 2.75) is 51.4 Å². The number of fused-ring (bicyclic) bond motifs is 1. The maximum atomic E-state index is 12.6. The first-order valence-corrected chi connectivity index (χ1v) is 11.0. The summed E-state index contributed by atoms with van der Waals surface area (Å²) in [6, 6.07) is 8.21. The molecule has 0 bridgehead atoms. The number of benzene rings is 1. The Balaban J connectivity index is 0.00000320. The van der Waals surface area contributed by atoms with Gasteiger partial charge in [-0.05, 0) is 49.1 Å².